The van der Waals surface area contributed by atoms with Gasteiger partial charge >= 0.3 is 0 Å². The molecule has 6 heteroatoms. The van der Waals surface area contributed by atoms with Crippen LogP contribution in [-0.4, -0.2) is 19.9 Å². The molecule has 0 spiro atoms. The Morgan fingerprint density at radius 3 is 2.05 bits per heavy atom. The van der Waals surface area contributed by atoms with Crippen molar-refractivity contribution < 1.29 is 8.83 Å². The Hall–Kier alpha value is -5.88. The lowest BCUT2D eigenvalue weighted by Crippen LogP contribution is -2.01. The molecule has 196 valence electrons. The molecule has 4 aromatic heterocycles. The van der Waals surface area contributed by atoms with Gasteiger partial charge in [0.1, 0.15) is 28.0 Å². The molecule has 0 unspecified atom stereocenters. The molecule has 42 heavy (non-hydrogen) atoms. The summed E-state index contributed by atoms with van der Waals surface area (Å²) in [6.45, 7) is 0. The van der Waals surface area contributed by atoms with E-state index >= 15 is 0 Å². The lowest BCUT2D eigenvalue weighted by Gasteiger charge is -2.09. The molecule has 0 N–H and O–H groups in total. The van der Waals surface area contributed by atoms with Crippen molar-refractivity contribution in [2.24, 2.45) is 0 Å². The number of pyridine rings is 1. The fourth-order valence-corrected chi connectivity index (χ4v) is 5.86. The van der Waals surface area contributed by atoms with Crippen molar-refractivity contribution in [1.29, 1.82) is 0 Å². The monoisotopic (exact) mass is 540 g/mol. The molecular weight excluding hydrogens is 520 g/mol. The van der Waals surface area contributed by atoms with Crippen LogP contribution in [0.25, 0.3) is 88.9 Å². The normalized spacial score (nSPS) is 11.8. The number of para-hydroxylation sites is 1. The Morgan fingerprint density at radius 2 is 1.14 bits per heavy atom. The van der Waals surface area contributed by atoms with Crippen molar-refractivity contribution in [3.05, 3.63) is 121 Å². The largest absolute Gasteiger partial charge is 0.456 e. The Labute approximate surface area is 238 Å². The van der Waals surface area contributed by atoms with Gasteiger partial charge < -0.3 is 8.83 Å². The van der Waals surface area contributed by atoms with Crippen LogP contribution in [-0.2, 0) is 0 Å². The lowest BCUT2D eigenvalue weighted by molar-refractivity contribution is 0.668. The number of hydrogen-bond donors (Lipinski definition) is 0. The first-order valence-electron chi connectivity index (χ1n) is 13.7. The summed E-state index contributed by atoms with van der Waals surface area (Å²) in [5, 5.41) is 6.07. The molecule has 9 rings (SSSR count). The van der Waals surface area contributed by atoms with Crippen molar-refractivity contribution in [1.82, 2.24) is 19.9 Å². The van der Waals surface area contributed by atoms with Gasteiger partial charge in [0.2, 0.25) is 0 Å². The summed E-state index contributed by atoms with van der Waals surface area (Å²) in [5.41, 5.74) is 5.54. The van der Waals surface area contributed by atoms with Crippen LogP contribution in [0.5, 0.6) is 0 Å². The average molecular weight is 541 g/mol. The minimum Gasteiger partial charge on any atom is -0.456 e. The molecule has 6 nitrogen and oxygen atoms in total. The van der Waals surface area contributed by atoms with Gasteiger partial charge in [-0.3, -0.25) is 4.98 Å². The quantitative estimate of drug-likeness (QED) is 0.222. The van der Waals surface area contributed by atoms with E-state index in [-0.39, 0.29) is 0 Å². The third-order valence-electron chi connectivity index (χ3n) is 7.77. The number of rotatable bonds is 3. The zero-order valence-corrected chi connectivity index (χ0v) is 22.2. The highest BCUT2D eigenvalue weighted by Gasteiger charge is 2.21. The predicted molar refractivity (Wildman–Crippen MR) is 166 cm³/mol. The van der Waals surface area contributed by atoms with Gasteiger partial charge in [-0.2, -0.15) is 0 Å². The fourth-order valence-electron chi connectivity index (χ4n) is 5.86. The summed E-state index contributed by atoms with van der Waals surface area (Å²) in [5.74, 6) is 1.59. The summed E-state index contributed by atoms with van der Waals surface area (Å²) in [4.78, 5) is 19.9. The van der Waals surface area contributed by atoms with E-state index in [1.165, 1.54) is 0 Å². The molecule has 0 bridgehead atoms. The van der Waals surface area contributed by atoms with Gasteiger partial charge in [-0.25, -0.2) is 15.0 Å². The number of furan rings is 2. The average Bonchev–Trinajstić information content (AvgIpc) is 3.61. The van der Waals surface area contributed by atoms with Gasteiger partial charge in [-0.05, 0) is 41.1 Å². The molecule has 0 saturated carbocycles. The van der Waals surface area contributed by atoms with E-state index in [4.69, 9.17) is 28.8 Å². The predicted octanol–water partition coefficient (Wildman–Crippen LogP) is 9.22. The number of hydrogen-bond acceptors (Lipinski definition) is 6. The molecular formula is C36H20N4O2. The van der Waals surface area contributed by atoms with Gasteiger partial charge in [0.05, 0.1) is 5.39 Å². The minimum atomic E-state index is 0.477. The molecule has 0 aliphatic heterocycles. The minimum absolute atomic E-state index is 0.477. The van der Waals surface area contributed by atoms with Crippen molar-refractivity contribution in [2.45, 2.75) is 0 Å². The maximum atomic E-state index is 6.32. The van der Waals surface area contributed by atoms with Crippen LogP contribution >= 0.6 is 0 Å². The standard InChI is InChI=1S/C36H20N4O2/c1-2-9-21(10-3-1)34-38-35(25-14-8-16-28-31(25)24-13-6-7-15-27(24)41-28)40-36(39-34)33-32-26-19-22-11-4-5-12-23(22)20-30(26)42-29(32)17-18-37-33/h1-20H. The highest BCUT2D eigenvalue weighted by Crippen LogP contribution is 2.39. The first-order valence-corrected chi connectivity index (χ1v) is 13.7. The first kappa shape index (κ1) is 22.9. The zero-order valence-electron chi connectivity index (χ0n) is 22.2. The molecule has 0 amide bonds. The molecule has 0 aliphatic rings. The summed E-state index contributed by atoms with van der Waals surface area (Å²) < 4.78 is 12.5. The van der Waals surface area contributed by atoms with E-state index in [1.807, 2.05) is 84.9 Å². The molecule has 0 aliphatic carbocycles. The molecule has 5 aromatic carbocycles. The molecule has 0 saturated heterocycles. The van der Waals surface area contributed by atoms with Crippen LogP contribution in [0.4, 0.5) is 0 Å². The van der Waals surface area contributed by atoms with Crippen molar-refractivity contribution >= 4 is 54.6 Å². The lowest BCUT2D eigenvalue weighted by atomic mass is 10.0. The Kier molecular flexibility index (Phi) is 4.80. The number of aromatic nitrogens is 4. The second-order valence-corrected chi connectivity index (χ2v) is 10.3. The molecule has 0 radical (unpaired) electrons. The SMILES string of the molecule is c1ccc(-c2nc(-c3cccc4oc5ccccc5c34)nc(-c3nccc4oc5cc6ccccc6cc5c34)n2)cc1. The van der Waals surface area contributed by atoms with Crippen LogP contribution in [0.15, 0.2) is 130 Å². The summed E-state index contributed by atoms with van der Waals surface area (Å²) in [6, 6.07) is 38.4. The van der Waals surface area contributed by atoms with Crippen LogP contribution in [0.1, 0.15) is 0 Å². The first-order chi connectivity index (χ1) is 20.8. The van der Waals surface area contributed by atoms with E-state index in [0.29, 0.717) is 23.2 Å². The summed E-state index contributed by atoms with van der Waals surface area (Å²) in [6.07, 6.45) is 1.75. The van der Waals surface area contributed by atoms with Gasteiger partial charge in [-0.1, -0.05) is 84.9 Å². The second kappa shape index (κ2) is 8.81. The van der Waals surface area contributed by atoms with Gasteiger partial charge in [-0.15, -0.1) is 0 Å². The highest BCUT2D eigenvalue weighted by atomic mass is 16.3. The van der Waals surface area contributed by atoms with Crippen molar-refractivity contribution in [3.8, 4) is 34.3 Å². The summed E-state index contributed by atoms with van der Waals surface area (Å²) in [7, 11) is 0. The third kappa shape index (κ3) is 3.45. The van der Waals surface area contributed by atoms with Crippen LogP contribution < -0.4 is 0 Å². The van der Waals surface area contributed by atoms with Gasteiger partial charge in [0.25, 0.3) is 0 Å². The van der Waals surface area contributed by atoms with Crippen LogP contribution in [0.2, 0.25) is 0 Å². The fraction of sp³-hybridized carbons (Fsp3) is 0. The van der Waals surface area contributed by atoms with Crippen molar-refractivity contribution in [2.75, 3.05) is 0 Å². The van der Waals surface area contributed by atoms with Gasteiger partial charge in [0, 0.05) is 33.5 Å². The number of benzene rings is 5. The number of fused-ring (bicyclic) bond motifs is 7. The van der Waals surface area contributed by atoms with E-state index in [9.17, 15) is 0 Å². The topological polar surface area (TPSA) is 77.8 Å². The smallest absolute Gasteiger partial charge is 0.183 e. The van der Waals surface area contributed by atoms with Crippen molar-refractivity contribution in [3.63, 3.8) is 0 Å². The maximum Gasteiger partial charge on any atom is 0.183 e. The van der Waals surface area contributed by atoms with E-state index in [0.717, 1.165) is 65.8 Å². The van der Waals surface area contributed by atoms with E-state index in [1.54, 1.807) is 6.20 Å². The van der Waals surface area contributed by atoms with Crippen LogP contribution in [0.3, 0.4) is 0 Å². The Bertz CT molecular complexity index is 2480. The highest BCUT2D eigenvalue weighted by molar-refractivity contribution is 6.15. The molecule has 0 atom stereocenters. The molecule has 0 fully saturated rings. The zero-order chi connectivity index (χ0) is 27.6. The maximum absolute atomic E-state index is 6.32. The van der Waals surface area contributed by atoms with Gasteiger partial charge in [0.15, 0.2) is 17.5 Å². The Balaban J connectivity index is 1.36. The molecule has 9 aromatic rings. The van der Waals surface area contributed by atoms with Crippen LogP contribution in [0, 0.1) is 0 Å². The Morgan fingerprint density at radius 1 is 0.452 bits per heavy atom. The third-order valence-corrected chi connectivity index (χ3v) is 7.77. The second-order valence-electron chi connectivity index (χ2n) is 10.3. The summed E-state index contributed by atoms with van der Waals surface area (Å²) >= 11 is 0. The number of nitrogens with zero attached hydrogens (tertiary/aromatic N) is 4. The molecule has 4 heterocycles. The van der Waals surface area contributed by atoms with E-state index < -0.39 is 0 Å². The van der Waals surface area contributed by atoms with E-state index in [2.05, 4.69) is 30.3 Å².